The Kier molecular flexibility index (Phi) is 3.32. The van der Waals surface area contributed by atoms with Crippen LogP contribution in [0.1, 0.15) is 19.3 Å². The molecule has 5 heteroatoms. The van der Waals surface area contributed by atoms with Crippen LogP contribution in [0.2, 0.25) is 0 Å². The molecule has 0 aliphatic carbocycles. The van der Waals surface area contributed by atoms with Gasteiger partial charge in [0.2, 0.25) is 0 Å². The van der Waals surface area contributed by atoms with E-state index in [4.69, 9.17) is 4.74 Å². The molecule has 0 radical (unpaired) electrons. The maximum atomic E-state index is 11.1. The summed E-state index contributed by atoms with van der Waals surface area (Å²) in [5, 5.41) is 9.82. The molecule has 1 rings (SSSR count). The van der Waals surface area contributed by atoms with E-state index in [2.05, 4.69) is 0 Å². The number of methoxy groups -OCH3 is 1. The lowest BCUT2D eigenvalue weighted by molar-refractivity contribution is 0.0476. The van der Waals surface area contributed by atoms with Gasteiger partial charge in [-0.2, -0.15) is 0 Å². The van der Waals surface area contributed by atoms with E-state index in [9.17, 15) is 13.5 Å². The highest BCUT2D eigenvalue weighted by molar-refractivity contribution is 7.91. The Morgan fingerprint density at radius 2 is 2.23 bits per heavy atom. The largest absolute Gasteiger partial charge is 0.389 e. The molecule has 1 unspecified atom stereocenters. The number of rotatable bonds is 4. The van der Waals surface area contributed by atoms with Crippen molar-refractivity contribution in [2.75, 3.05) is 25.2 Å². The average Bonchev–Trinajstić information content (AvgIpc) is 2.27. The molecule has 0 spiro atoms. The van der Waals surface area contributed by atoms with Crippen molar-refractivity contribution in [3.05, 3.63) is 0 Å². The molecule has 1 N–H and O–H groups in total. The fraction of sp³-hybridized carbons (Fsp3) is 1.00. The quantitative estimate of drug-likeness (QED) is 0.659. The highest BCUT2D eigenvalue weighted by atomic mass is 32.2. The molecule has 0 aromatic carbocycles. The molecule has 4 nitrogen and oxygen atoms in total. The summed E-state index contributed by atoms with van der Waals surface area (Å²) in [6, 6.07) is 0. The molecule has 1 fully saturated rings. The number of hydrogen-bond donors (Lipinski definition) is 1. The average molecular weight is 208 g/mol. The Labute approximate surface area is 78.8 Å². The van der Waals surface area contributed by atoms with E-state index in [0.717, 1.165) is 0 Å². The van der Waals surface area contributed by atoms with Crippen LogP contribution < -0.4 is 0 Å². The predicted octanol–water partition coefficient (Wildman–Crippen LogP) is -0.0374. The van der Waals surface area contributed by atoms with Crippen LogP contribution in [0.4, 0.5) is 0 Å². The summed E-state index contributed by atoms with van der Waals surface area (Å²) in [5.41, 5.74) is -0.989. The molecule has 1 saturated heterocycles. The molecule has 1 atom stereocenters. The minimum absolute atomic E-state index is 0.0796. The van der Waals surface area contributed by atoms with Crippen LogP contribution in [0.5, 0.6) is 0 Å². The van der Waals surface area contributed by atoms with Crippen LogP contribution >= 0.6 is 0 Å². The van der Waals surface area contributed by atoms with Gasteiger partial charge >= 0.3 is 0 Å². The second-order valence-corrected chi connectivity index (χ2v) is 5.85. The lowest BCUT2D eigenvalue weighted by Crippen LogP contribution is -2.30. The van der Waals surface area contributed by atoms with Gasteiger partial charge in [-0.1, -0.05) is 0 Å². The van der Waals surface area contributed by atoms with Crippen LogP contribution in [0.3, 0.4) is 0 Å². The lowest BCUT2D eigenvalue weighted by Gasteiger charge is -2.19. The van der Waals surface area contributed by atoms with Gasteiger partial charge in [0.25, 0.3) is 0 Å². The van der Waals surface area contributed by atoms with Crippen molar-refractivity contribution in [2.45, 2.75) is 24.9 Å². The summed E-state index contributed by atoms with van der Waals surface area (Å²) in [5.74, 6) is 0.0419. The van der Waals surface area contributed by atoms with Gasteiger partial charge in [-0.25, -0.2) is 8.42 Å². The Hall–Kier alpha value is -0.130. The maximum Gasteiger partial charge on any atom is 0.153 e. The molecule has 78 valence electrons. The minimum Gasteiger partial charge on any atom is -0.389 e. The van der Waals surface area contributed by atoms with Gasteiger partial charge in [0, 0.05) is 13.7 Å². The van der Waals surface area contributed by atoms with E-state index >= 15 is 0 Å². The van der Waals surface area contributed by atoms with E-state index in [1.807, 2.05) is 0 Å². The summed E-state index contributed by atoms with van der Waals surface area (Å²) in [7, 11) is -1.39. The van der Waals surface area contributed by atoms with Gasteiger partial charge in [-0.05, 0) is 19.3 Å². The van der Waals surface area contributed by atoms with E-state index in [1.54, 1.807) is 7.11 Å². The van der Waals surface area contributed by atoms with E-state index < -0.39 is 15.4 Å². The highest BCUT2D eigenvalue weighted by Crippen LogP contribution is 2.27. The maximum absolute atomic E-state index is 11.1. The molecule has 1 aliphatic rings. The van der Waals surface area contributed by atoms with Gasteiger partial charge in [0.1, 0.15) is 0 Å². The highest BCUT2D eigenvalue weighted by Gasteiger charge is 2.39. The molecule has 0 amide bonds. The molecular weight excluding hydrogens is 192 g/mol. The van der Waals surface area contributed by atoms with Crippen molar-refractivity contribution in [3.63, 3.8) is 0 Å². The smallest absolute Gasteiger partial charge is 0.153 e. The first-order valence-corrected chi connectivity index (χ1v) is 6.21. The second-order valence-electron chi connectivity index (χ2n) is 3.66. The van der Waals surface area contributed by atoms with Crippen LogP contribution in [0, 0.1) is 0 Å². The first-order chi connectivity index (χ1) is 5.97. The number of sulfone groups is 1. The van der Waals surface area contributed by atoms with Crippen LogP contribution in [-0.4, -0.2) is 44.3 Å². The molecule has 1 aliphatic heterocycles. The van der Waals surface area contributed by atoms with Gasteiger partial charge < -0.3 is 9.84 Å². The molecule has 0 aromatic rings. The summed E-state index contributed by atoms with van der Waals surface area (Å²) in [4.78, 5) is 0. The monoisotopic (exact) mass is 208 g/mol. The molecule has 0 aromatic heterocycles. The van der Waals surface area contributed by atoms with Crippen LogP contribution in [-0.2, 0) is 14.6 Å². The zero-order chi connectivity index (χ0) is 9.95. The summed E-state index contributed by atoms with van der Waals surface area (Å²) in [6.45, 7) is 0.572. The van der Waals surface area contributed by atoms with Gasteiger partial charge in [-0.3, -0.25) is 0 Å². The normalized spacial score (nSPS) is 32.2. The minimum atomic E-state index is -2.98. The molecule has 0 saturated carbocycles. The molecule has 0 bridgehead atoms. The van der Waals surface area contributed by atoms with Crippen molar-refractivity contribution in [3.8, 4) is 0 Å². The topological polar surface area (TPSA) is 63.6 Å². The summed E-state index contributed by atoms with van der Waals surface area (Å²) in [6.07, 6.45) is 1.60. The number of ether oxygens (including phenoxy) is 1. The zero-order valence-corrected chi connectivity index (χ0v) is 8.64. The second kappa shape index (κ2) is 3.94. The Balaban J connectivity index is 2.41. The SMILES string of the molecule is COCCCC1(O)CCS(=O)(=O)C1. The third-order valence-corrected chi connectivity index (χ3v) is 4.16. The van der Waals surface area contributed by atoms with E-state index in [-0.39, 0.29) is 11.5 Å². The Morgan fingerprint density at radius 3 is 2.69 bits per heavy atom. The lowest BCUT2D eigenvalue weighted by atomic mass is 9.98. The van der Waals surface area contributed by atoms with E-state index in [1.165, 1.54) is 0 Å². The van der Waals surface area contributed by atoms with Crippen molar-refractivity contribution < 1.29 is 18.3 Å². The first kappa shape index (κ1) is 10.9. The molecule has 1 heterocycles. The van der Waals surface area contributed by atoms with E-state index in [0.29, 0.717) is 25.9 Å². The van der Waals surface area contributed by atoms with Gasteiger partial charge in [0.15, 0.2) is 9.84 Å². The Bertz CT molecular complexity index is 259. The number of aliphatic hydroxyl groups is 1. The number of hydrogen-bond acceptors (Lipinski definition) is 4. The van der Waals surface area contributed by atoms with Gasteiger partial charge in [-0.15, -0.1) is 0 Å². The summed E-state index contributed by atoms with van der Waals surface area (Å²) >= 11 is 0. The van der Waals surface area contributed by atoms with Gasteiger partial charge in [0.05, 0.1) is 17.1 Å². The first-order valence-electron chi connectivity index (χ1n) is 4.39. The molecular formula is C8H16O4S. The third kappa shape index (κ3) is 3.25. The van der Waals surface area contributed by atoms with Crippen molar-refractivity contribution >= 4 is 9.84 Å². The van der Waals surface area contributed by atoms with Crippen LogP contribution in [0.15, 0.2) is 0 Å². The van der Waals surface area contributed by atoms with Crippen LogP contribution in [0.25, 0.3) is 0 Å². The third-order valence-electron chi connectivity index (χ3n) is 2.36. The predicted molar refractivity (Wildman–Crippen MR) is 49.3 cm³/mol. The molecule has 13 heavy (non-hydrogen) atoms. The zero-order valence-electron chi connectivity index (χ0n) is 7.82. The summed E-state index contributed by atoms with van der Waals surface area (Å²) < 4.78 is 27.0. The fourth-order valence-electron chi connectivity index (χ4n) is 1.64. The standard InChI is InChI=1S/C8H16O4S/c1-12-5-2-3-8(9)4-6-13(10,11)7-8/h9H,2-7H2,1H3. The fourth-order valence-corrected chi connectivity index (χ4v) is 3.58. The van der Waals surface area contributed by atoms with Crippen molar-refractivity contribution in [1.82, 2.24) is 0 Å². The Morgan fingerprint density at radius 1 is 1.54 bits per heavy atom. The van der Waals surface area contributed by atoms with Crippen molar-refractivity contribution in [1.29, 1.82) is 0 Å². The van der Waals surface area contributed by atoms with Crippen molar-refractivity contribution in [2.24, 2.45) is 0 Å².